The van der Waals surface area contributed by atoms with E-state index < -0.39 is 38.4 Å². The molecule has 0 aliphatic carbocycles. The molecule has 1 amide bonds. The fourth-order valence-electron chi connectivity index (χ4n) is 2.32. The van der Waals surface area contributed by atoms with E-state index in [2.05, 4.69) is 0 Å². The van der Waals surface area contributed by atoms with E-state index >= 15 is 0 Å². The lowest BCUT2D eigenvalue weighted by Crippen LogP contribution is -2.32. The van der Waals surface area contributed by atoms with E-state index in [1.807, 2.05) is 0 Å². The van der Waals surface area contributed by atoms with E-state index in [1.54, 1.807) is 6.92 Å². The SMILES string of the molecule is C[C@@H]1CN(S(=O)(=O)c2cc(F)cc(F)c2)C[C@H]1C(N)=O. The number of nitrogens with two attached hydrogens (primary N) is 1. The van der Waals surface area contributed by atoms with Crippen LogP contribution < -0.4 is 5.73 Å². The molecule has 0 aromatic heterocycles. The fourth-order valence-corrected chi connectivity index (χ4v) is 3.92. The number of halogens is 2. The molecule has 110 valence electrons. The summed E-state index contributed by atoms with van der Waals surface area (Å²) in [6, 6.07) is 2.10. The van der Waals surface area contributed by atoms with Crippen molar-refractivity contribution in [1.29, 1.82) is 0 Å². The number of nitrogens with zero attached hydrogens (tertiary/aromatic N) is 1. The van der Waals surface area contributed by atoms with Crippen LogP contribution in [0.3, 0.4) is 0 Å². The molecule has 1 aliphatic rings. The van der Waals surface area contributed by atoms with Crippen molar-refractivity contribution in [3.05, 3.63) is 29.8 Å². The Morgan fingerprint density at radius 3 is 2.25 bits per heavy atom. The lowest BCUT2D eigenvalue weighted by Gasteiger charge is -2.16. The third kappa shape index (κ3) is 2.66. The van der Waals surface area contributed by atoms with Crippen LogP contribution in [0.1, 0.15) is 6.92 Å². The minimum Gasteiger partial charge on any atom is -0.369 e. The smallest absolute Gasteiger partial charge is 0.243 e. The molecule has 1 saturated heterocycles. The molecule has 2 rings (SSSR count). The normalized spacial score (nSPS) is 23.9. The van der Waals surface area contributed by atoms with E-state index in [-0.39, 0.29) is 19.0 Å². The molecule has 0 bridgehead atoms. The van der Waals surface area contributed by atoms with Crippen molar-refractivity contribution in [2.75, 3.05) is 13.1 Å². The van der Waals surface area contributed by atoms with Gasteiger partial charge in [-0.1, -0.05) is 6.92 Å². The Kier molecular flexibility index (Phi) is 3.79. The lowest BCUT2D eigenvalue weighted by molar-refractivity contribution is -0.122. The van der Waals surface area contributed by atoms with Gasteiger partial charge < -0.3 is 5.73 Å². The van der Waals surface area contributed by atoms with Crippen LogP contribution in [0.5, 0.6) is 0 Å². The second kappa shape index (κ2) is 5.10. The Morgan fingerprint density at radius 2 is 1.80 bits per heavy atom. The summed E-state index contributed by atoms with van der Waals surface area (Å²) >= 11 is 0. The summed E-state index contributed by atoms with van der Waals surface area (Å²) in [6.07, 6.45) is 0. The van der Waals surface area contributed by atoms with Gasteiger partial charge in [-0.2, -0.15) is 4.31 Å². The molecule has 0 saturated carbocycles. The number of carbonyl (C=O) groups is 1. The van der Waals surface area contributed by atoms with Crippen LogP contribution in [-0.4, -0.2) is 31.7 Å². The highest BCUT2D eigenvalue weighted by atomic mass is 32.2. The first kappa shape index (κ1) is 14.9. The van der Waals surface area contributed by atoms with Gasteiger partial charge >= 0.3 is 0 Å². The van der Waals surface area contributed by atoms with Crippen LogP contribution in [-0.2, 0) is 14.8 Å². The monoisotopic (exact) mass is 304 g/mol. The van der Waals surface area contributed by atoms with E-state index in [4.69, 9.17) is 5.73 Å². The van der Waals surface area contributed by atoms with Crippen LogP contribution in [0.4, 0.5) is 8.78 Å². The molecular formula is C12H14F2N2O3S. The fraction of sp³-hybridized carbons (Fsp3) is 0.417. The Labute approximate surface area is 115 Å². The summed E-state index contributed by atoms with van der Waals surface area (Å²) in [6.45, 7) is 1.72. The van der Waals surface area contributed by atoms with Crippen molar-refractivity contribution in [3.8, 4) is 0 Å². The standard InChI is InChI=1S/C12H14F2N2O3S/c1-7-5-16(6-11(7)12(15)17)20(18,19)10-3-8(13)2-9(14)4-10/h2-4,7,11H,5-6H2,1H3,(H2,15,17)/t7-,11-/m1/s1. The highest BCUT2D eigenvalue weighted by molar-refractivity contribution is 7.89. The second-order valence-electron chi connectivity index (χ2n) is 4.91. The third-order valence-electron chi connectivity index (χ3n) is 3.42. The van der Waals surface area contributed by atoms with E-state index in [0.29, 0.717) is 6.07 Å². The van der Waals surface area contributed by atoms with E-state index in [0.717, 1.165) is 16.4 Å². The molecule has 1 aromatic rings. The Hall–Kier alpha value is -1.54. The zero-order valence-corrected chi connectivity index (χ0v) is 11.5. The first-order chi connectivity index (χ1) is 9.21. The summed E-state index contributed by atoms with van der Waals surface area (Å²) in [5.41, 5.74) is 5.20. The van der Waals surface area contributed by atoms with Gasteiger partial charge in [0, 0.05) is 19.2 Å². The summed E-state index contributed by atoms with van der Waals surface area (Å²) in [5.74, 6) is -3.35. The molecule has 0 spiro atoms. The molecule has 0 radical (unpaired) electrons. The number of rotatable bonds is 3. The van der Waals surface area contributed by atoms with Crippen molar-refractivity contribution in [1.82, 2.24) is 4.31 Å². The zero-order valence-electron chi connectivity index (χ0n) is 10.7. The number of hydrogen-bond donors (Lipinski definition) is 1. The van der Waals surface area contributed by atoms with Crippen LogP contribution in [0.15, 0.2) is 23.1 Å². The Balaban J connectivity index is 2.34. The van der Waals surface area contributed by atoms with Gasteiger partial charge in [0.25, 0.3) is 0 Å². The summed E-state index contributed by atoms with van der Waals surface area (Å²) in [5, 5.41) is 0. The van der Waals surface area contributed by atoms with Gasteiger partial charge in [-0.3, -0.25) is 4.79 Å². The molecule has 1 aliphatic heterocycles. The molecule has 2 N–H and O–H groups in total. The van der Waals surface area contributed by atoms with Crippen LogP contribution in [0, 0.1) is 23.5 Å². The predicted octanol–water partition coefficient (Wildman–Crippen LogP) is 0.707. The minimum atomic E-state index is -4.04. The van der Waals surface area contributed by atoms with Crippen molar-refractivity contribution >= 4 is 15.9 Å². The van der Waals surface area contributed by atoms with Gasteiger partial charge in [0.15, 0.2) is 0 Å². The van der Waals surface area contributed by atoms with Gasteiger partial charge in [0.2, 0.25) is 15.9 Å². The quantitative estimate of drug-likeness (QED) is 0.893. The zero-order chi connectivity index (χ0) is 15.1. The number of primary amides is 1. The second-order valence-corrected chi connectivity index (χ2v) is 6.85. The first-order valence-corrected chi connectivity index (χ1v) is 7.41. The third-order valence-corrected chi connectivity index (χ3v) is 5.23. The van der Waals surface area contributed by atoms with Gasteiger partial charge in [0.05, 0.1) is 10.8 Å². The van der Waals surface area contributed by atoms with Crippen molar-refractivity contribution in [2.45, 2.75) is 11.8 Å². The Morgan fingerprint density at radius 1 is 1.25 bits per heavy atom. The summed E-state index contributed by atoms with van der Waals surface area (Å²) < 4.78 is 51.9. The summed E-state index contributed by atoms with van der Waals surface area (Å²) in [4.78, 5) is 10.7. The number of benzene rings is 1. The van der Waals surface area contributed by atoms with Crippen LogP contribution in [0.2, 0.25) is 0 Å². The largest absolute Gasteiger partial charge is 0.369 e. The highest BCUT2D eigenvalue weighted by Crippen LogP contribution is 2.28. The van der Waals surface area contributed by atoms with Gasteiger partial charge in [-0.25, -0.2) is 17.2 Å². The molecule has 0 unspecified atom stereocenters. The average Bonchev–Trinajstić information content (AvgIpc) is 2.70. The minimum absolute atomic E-state index is 0.0725. The van der Waals surface area contributed by atoms with Gasteiger partial charge in [-0.05, 0) is 18.1 Å². The van der Waals surface area contributed by atoms with Gasteiger partial charge in [-0.15, -0.1) is 0 Å². The van der Waals surface area contributed by atoms with Crippen molar-refractivity contribution in [2.24, 2.45) is 17.6 Å². The maximum Gasteiger partial charge on any atom is 0.243 e. The molecule has 8 heteroatoms. The summed E-state index contributed by atoms with van der Waals surface area (Å²) in [7, 11) is -4.04. The highest BCUT2D eigenvalue weighted by Gasteiger charge is 2.40. The van der Waals surface area contributed by atoms with Crippen LogP contribution >= 0.6 is 0 Å². The molecule has 5 nitrogen and oxygen atoms in total. The first-order valence-electron chi connectivity index (χ1n) is 5.97. The average molecular weight is 304 g/mol. The van der Waals surface area contributed by atoms with Crippen LogP contribution in [0.25, 0.3) is 0 Å². The molecule has 20 heavy (non-hydrogen) atoms. The van der Waals surface area contributed by atoms with Gasteiger partial charge in [0.1, 0.15) is 11.6 Å². The molecule has 1 aromatic carbocycles. The molecule has 1 fully saturated rings. The number of sulfonamides is 1. The number of hydrogen-bond acceptors (Lipinski definition) is 3. The van der Waals surface area contributed by atoms with E-state index in [1.165, 1.54) is 0 Å². The lowest BCUT2D eigenvalue weighted by atomic mass is 9.98. The maximum atomic E-state index is 13.1. The molecular weight excluding hydrogens is 290 g/mol. The van der Waals surface area contributed by atoms with Crippen molar-refractivity contribution in [3.63, 3.8) is 0 Å². The maximum absolute atomic E-state index is 13.1. The number of amides is 1. The molecule has 2 atom stereocenters. The molecule has 1 heterocycles. The number of carbonyl (C=O) groups excluding carboxylic acids is 1. The predicted molar refractivity (Wildman–Crippen MR) is 67.0 cm³/mol. The Bertz CT molecular complexity index is 628. The van der Waals surface area contributed by atoms with Crippen molar-refractivity contribution < 1.29 is 22.0 Å². The topological polar surface area (TPSA) is 80.5 Å². The van der Waals surface area contributed by atoms with E-state index in [9.17, 15) is 22.0 Å².